The molecule has 0 saturated heterocycles. The fourth-order valence-electron chi connectivity index (χ4n) is 2.17. The summed E-state index contributed by atoms with van der Waals surface area (Å²) in [6.45, 7) is 7.16. The zero-order valence-corrected chi connectivity index (χ0v) is 14.3. The molecule has 1 rings (SSSR count). The van der Waals surface area contributed by atoms with E-state index in [4.69, 9.17) is 4.74 Å². The zero-order chi connectivity index (χ0) is 16.2. The van der Waals surface area contributed by atoms with Gasteiger partial charge in [0.05, 0.1) is 7.11 Å². The van der Waals surface area contributed by atoms with E-state index in [9.17, 15) is 9.59 Å². The molecule has 0 N–H and O–H groups in total. The van der Waals surface area contributed by atoms with Crippen molar-refractivity contribution in [3.8, 4) is 0 Å². The maximum absolute atomic E-state index is 11.8. The molecule has 0 aliphatic heterocycles. The number of carbonyl (C=O) groups excluding carboxylic acids is 2. The van der Waals surface area contributed by atoms with Crippen molar-refractivity contribution in [1.29, 1.82) is 0 Å². The Kier molecular flexibility index (Phi) is 6.29. The Morgan fingerprint density at radius 2 is 2.00 bits per heavy atom. The van der Waals surface area contributed by atoms with Crippen LogP contribution in [0.3, 0.4) is 0 Å². The van der Waals surface area contributed by atoms with Gasteiger partial charge in [-0.25, -0.2) is 9.78 Å². The molecule has 7 heteroatoms. The van der Waals surface area contributed by atoms with Gasteiger partial charge in [0, 0.05) is 26.1 Å². The fraction of sp³-hybridized carbons (Fsp3) is 0.643. The van der Waals surface area contributed by atoms with Crippen molar-refractivity contribution >= 4 is 28.2 Å². The average molecular weight is 313 g/mol. The lowest BCUT2D eigenvalue weighted by molar-refractivity contribution is 0.0591. The Bertz CT molecular complexity index is 514. The molecule has 0 amide bonds. The Morgan fingerprint density at radius 3 is 2.43 bits per heavy atom. The Balaban J connectivity index is 3.16. The lowest BCUT2D eigenvalue weighted by Crippen LogP contribution is -2.40. The number of anilines is 1. The molecule has 6 nitrogen and oxygen atoms in total. The first kappa shape index (κ1) is 17.6. The predicted octanol–water partition coefficient (Wildman–Crippen LogP) is 1.91. The van der Waals surface area contributed by atoms with Gasteiger partial charge in [0.15, 0.2) is 16.6 Å². The minimum atomic E-state index is -0.570. The molecular weight excluding hydrogens is 290 g/mol. The molecular formula is C14H23N3O3S. The van der Waals surface area contributed by atoms with Crippen LogP contribution in [0.1, 0.15) is 40.9 Å². The third kappa shape index (κ3) is 4.25. The van der Waals surface area contributed by atoms with Gasteiger partial charge in [-0.3, -0.25) is 4.79 Å². The van der Waals surface area contributed by atoms with Crippen LogP contribution in [0.5, 0.6) is 0 Å². The third-order valence-electron chi connectivity index (χ3n) is 3.06. The predicted molar refractivity (Wildman–Crippen MR) is 84.5 cm³/mol. The highest BCUT2D eigenvalue weighted by Crippen LogP contribution is 2.28. The summed E-state index contributed by atoms with van der Waals surface area (Å²) in [4.78, 5) is 32.3. The monoisotopic (exact) mass is 313 g/mol. The lowest BCUT2D eigenvalue weighted by atomic mass is 10.3. The number of carbonyl (C=O) groups is 2. The summed E-state index contributed by atoms with van der Waals surface area (Å²) in [7, 11) is 5.30. The van der Waals surface area contributed by atoms with Gasteiger partial charge in [-0.1, -0.05) is 11.3 Å². The topological polar surface area (TPSA) is 62.7 Å². The molecule has 21 heavy (non-hydrogen) atoms. The minimum absolute atomic E-state index is 0.112. The van der Waals surface area contributed by atoms with E-state index in [0.29, 0.717) is 10.0 Å². The molecule has 1 aromatic rings. The van der Waals surface area contributed by atoms with Crippen molar-refractivity contribution < 1.29 is 14.3 Å². The van der Waals surface area contributed by atoms with Crippen molar-refractivity contribution in [3.05, 3.63) is 10.6 Å². The number of ether oxygens (including phenoxy) is 1. The van der Waals surface area contributed by atoms with Gasteiger partial charge in [0.1, 0.15) is 4.88 Å². The number of likely N-dealkylation sites (N-methyl/N-ethyl adjacent to an activating group) is 2. The van der Waals surface area contributed by atoms with E-state index in [1.807, 2.05) is 21.0 Å². The molecule has 0 bridgehead atoms. The van der Waals surface area contributed by atoms with Crippen LogP contribution in [-0.2, 0) is 4.74 Å². The second-order valence-corrected chi connectivity index (χ2v) is 6.10. The number of nitrogens with zero attached hydrogens (tertiary/aromatic N) is 3. The van der Waals surface area contributed by atoms with Crippen LogP contribution in [0.25, 0.3) is 0 Å². The average Bonchev–Trinajstić information content (AvgIpc) is 2.82. The second kappa shape index (κ2) is 7.51. The van der Waals surface area contributed by atoms with Gasteiger partial charge in [-0.05, 0) is 27.9 Å². The van der Waals surface area contributed by atoms with Crippen molar-refractivity contribution in [3.63, 3.8) is 0 Å². The number of ketones is 1. The second-order valence-electron chi connectivity index (χ2n) is 5.12. The lowest BCUT2D eigenvalue weighted by Gasteiger charge is -2.29. The molecule has 1 unspecified atom stereocenters. The number of thiazole rings is 1. The number of esters is 1. The molecule has 118 valence electrons. The first-order chi connectivity index (χ1) is 9.81. The maximum atomic E-state index is 11.8. The highest BCUT2D eigenvalue weighted by molar-refractivity contribution is 7.17. The van der Waals surface area contributed by atoms with Crippen LogP contribution < -0.4 is 4.90 Å². The Morgan fingerprint density at radius 1 is 1.38 bits per heavy atom. The molecule has 0 aliphatic carbocycles. The Hall–Kier alpha value is -1.47. The number of aromatic nitrogens is 1. The number of hydrogen-bond acceptors (Lipinski definition) is 7. The van der Waals surface area contributed by atoms with Crippen LogP contribution in [-0.4, -0.2) is 62.0 Å². The molecule has 0 radical (unpaired) electrons. The van der Waals surface area contributed by atoms with Crippen LogP contribution in [0, 0.1) is 0 Å². The first-order valence-corrected chi connectivity index (χ1v) is 7.64. The van der Waals surface area contributed by atoms with Crippen LogP contribution in [0.4, 0.5) is 5.13 Å². The maximum Gasteiger partial charge on any atom is 0.358 e. The summed E-state index contributed by atoms with van der Waals surface area (Å²) >= 11 is 1.25. The summed E-state index contributed by atoms with van der Waals surface area (Å²) in [6.07, 6.45) is 0. The molecule has 0 fully saturated rings. The summed E-state index contributed by atoms with van der Waals surface area (Å²) < 4.78 is 4.71. The van der Waals surface area contributed by atoms with Crippen molar-refractivity contribution in [2.45, 2.75) is 26.8 Å². The smallest absolute Gasteiger partial charge is 0.358 e. The SMILES string of the molecule is CCN(c1nc(C(=O)OC)c(C(C)=O)s1)C(C)CN(C)C. The summed E-state index contributed by atoms with van der Waals surface area (Å²) in [5, 5.41) is 0.678. The fourth-order valence-corrected chi connectivity index (χ4v) is 3.28. The van der Waals surface area contributed by atoms with Gasteiger partial charge in [-0.2, -0.15) is 0 Å². The van der Waals surface area contributed by atoms with Gasteiger partial charge in [0.25, 0.3) is 0 Å². The van der Waals surface area contributed by atoms with E-state index in [1.54, 1.807) is 0 Å². The molecule has 1 atom stereocenters. The van der Waals surface area contributed by atoms with Crippen LogP contribution in [0.2, 0.25) is 0 Å². The van der Waals surface area contributed by atoms with E-state index in [-0.39, 0.29) is 17.5 Å². The van der Waals surface area contributed by atoms with Gasteiger partial charge in [-0.15, -0.1) is 0 Å². The minimum Gasteiger partial charge on any atom is -0.464 e. The Labute approximate surface area is 129 Å². The molecule has 0 aromatic carbocycles. The molecule has 0 aliphatic rings. The largest absolute Gasteiger partial charge is 0.464 e. The van der Waals surface area contributed by atoms with Gasteiger partial charge >= 0.3 is 5.97 Å². The zero-order valence-electron chi connectivity index (χ0n) is 13.5. The van der Waals surface area contributed by atoms with Crippen molar-refractivity contribution in [2.75, 3.05) is 39.2 Å². The standard InChI is InChI=1S/C14H23N3O3S/c1-7-17(9(2)8-16(4)5)14-15-11(13(19)20-6)12(21-14)10(3)18/h9H,7-8H2,1-6H3. The molecule has 0 saturated carbocycles. The van der Waals surface area contributed by atoms with Crippen LogP contribution in [0.15, 0.2) is 0 Å². The number of methoxy groups -OCH3 is 1. The first-order valence-electron chi connectivity index (χ1n) is 6.83. The van der Waals surface area contributed by atoms with E-state index in [2.05, 4.69) is 21.7 Å². The molecule has 0 spiro atoms. The van der Waals surface area contributed by atoms with E-state index >= 15 is 0 Å². The van der Waals surface area contributed by atoms with Crippen LogP contribution >= 0.6 is 11.3 Å². The van der Waals surface area contributed by atoms with Gasteiger partial charge in [0.2, 0.25) is 0 Å². The summed E-state index contributed by atoms with van der Waals surface area (Å²) in [5.74, 6) is -0.741. The van der Waals surface area contributed by atoms with Crippen molar-refractivity contribution in [1.82, 2.24) is 9.88 Å². The summed E-state index contributed by atoms with van der Waals surface area (Å²) in [6, 6.07) is 0.224. The number of Topliss-reactive ketones (excluding diaryl/α,β-unsaturated/α-hetero) is 1. The normalized spacial score (nSPS) is 12.3. The summed E-state index contributed by atoms with van der Waals surface area (Å²) in [5.41, 5.74) is 0.112. The molecule has 1 aromatic heterocycles. The number of hydrogen-bond donors (Lipinski definition) is 0. The van der Waals surface area contributed by atoms with E-state index in [0.717, 1.165) is 13.1 Å². The highest BCUT2D eigenvalue weighted by atomic mass is 32.1. The highest BCUT2D eigenvalue weighted by Gasteiger charge is 2.25. The third-order valence-corrected chi connectivity index (χ3v) is 4.26. The quantitative estimate of drug-likeness (QED) is 0.566. The van der Waals surface area contributed by atoms with Gasteiger partial charge < -0.3 is 14.5 Å². The van der Waals surface area contributed by atoms with E-state index in [1.165, 1.54) is 25.4 Å². The number of rotatable bonds is 7. The van der Waals surface area contributed by atoms with E-state index < -0.39 is 5.97 Å². The van der Waals surface area contributed by atoms with Crippen molar-refractivity contribution in [2.24, 2.45) is 0 Å². The molecule has 1 heterocycles.